The first-order valence-corrected chi connectivity index (χ1v) is 8.29. The second-order valence-corrected chi connectivity index (χ2v) is 6.02. The van der Waals surface area contributed by atoms with Crippen LogP contribution in [0.15, 0.2) is 65.3 Å². The lowest BCUT2D eigenvalue weighted by molar-refractivity contribution is -0.131. The van der Waals surface area contributed by atoms with E-state index in [9.17, 15) is 14.8 Å². The lowest BCUT2D eigenvalue weighted by atomic mass is 9.75. The highest BCUT2D eigenvalue weighted by Gasteiger charge is 2.30. The number of rotatable bonds is 7. The van der Waals surface area contributed by atoms with Crippen molar-refractivity contribution in [3.8, 4) is 0 Å². The summed E-state index contributed by atoms with van der Waals surface area (Å²) in [5.74, 6) is -1.34. The van der Waals surface area contributed by atoms with E-state index in [0.29, 0.717) is 11.1 Å². The van der Waals surface area contributed by atoms with Gasteiger partial charge < -0.3 is 24.5 Å². The Morgan fingerprint density at radius 3 is 2.54 bits per heavy atom. The molecule has 0 aliphatic heterocycles. The van der Waals surface area contributed by atoms with Crippen molar-refractivity contribution in [3.05, 3.63) is 72.0 Å². The van der Waals surface area contributed by atoms with E-state index >= 15 is 0 Å². The van der Waals surface area contributed by atoms with Crippen molar-refractivity contribution in [2.45, 2.75) is 18.5 Å². The highest BCUT2D eigenvalue weighted by molar-refractivity contribution is 6.43. The summed E-state index contributed by atoms with van der Waals surface area (Å²) in [6.07, 6.45) is 0.946. The van der Waals surface area contributed by atoms with Gasteiger partial charge in [0.05, 0.1) is 12.2 Å². The summed E-state index contributed by atoms with van der Waals surface area (Å²) >= 11 is 0. The van der Waals surface area contributed by atoms with Crippen LogP contribution < -0.4 is 5.32 Å². The molecular formula is C19H20BNO5. The van der Waals surface area contributed by atoms with Gasteiger partial charge in [0.25, 0.3) is 5.91 Å². The van der Waals surface area contributed by atoms with Crippen LogP contribution in [0.3, 0.4) is 0 Å². The van der Waals surface area contributed by atoms with Crippen molar-refractivity contribution < 1.29 is 24.0 Å². The van der Waals surface area contributed by atoms with Gasteiger partial charge in [-0.25, -0.2) is 0 Å². The molecule has 0 aliphatic rings. The van der Waals surface area contributed by atoms with Crippen LogP contribution in [-0.2, 0) is 16.0 Å². The minimum absolute atomic E-state index is 0.214. The number of para-hydroxylation sites is 1. The van der Waals surface area contributed by atoms with E-state index in [1.807, 2.05) is 42.5 Å². The third kappa shape index (κ3) is 3.96. The molecule has 0 aliphatic carbocycles. The lowest BCUT2D eigenvalue weighted by Crippen LogP contribution is -2.49. The van der Waals surface area contributed by atoms with Gasteiger partial charge in [0.15, 0.2) is 6.10 Å². The molecule has 134 valence electrons. The van der Waals surface area contributed by atoms with Gasteiger partial charge >= 0.3 is 7.12 Å². The molecule has 1 unspecified atom stereocenters. The first-order chi connectivity index (χ1) is 12.6. The van der Waals surface area contributed by atoms with Crippen LogP contribution in [0, 0.1) is 0 Å². The Hall–Kier alpha value is -2.61. The number of fused-ring (bicyclic) bond motifs is 1. The highest BCUT2D eigenvalue weighted by atomic mass is 16.5. The molecule has 3 N–H and O–H groups in total. The van der Waals surface area contributed by atoms with Crippen molar-refractivity contribution >= 4 is 24.0 Å². The molecule has 0 fully saturated rings. The van der Waals surface area contributed by atoms with Gasteiger partial charge in [-0.2, -0.15) is 0 Å². The minimum Gasteiger partial charge on any atom is -0.464 e. The zero-order chi connectivity index (χ0) is 18.5. The Bertz CT molecular complexity index is 865. The molecule has 0 saturated heterocycles. The van der Waals surface area contributed by atoms with Gasteiger partial charge in [0, 0.05) is 12.5 Å². The number of amides is 1. The van der Waals surface area contributed by atoms with E-state index < -0.39 is 25.1 Å². The fourth-order valence-corrected chi connectivity index (χ4v) is 2.94. The van der Waals surface area contributed by atoms with Crippen molar-refractivity contribution in [1.29, 1.82) is 0 Å². The van der Waals surface area contributed by atoms with Gasteiger partial charge in [-0.1, -0.05) is 48.5 Å². The van der Waals surface area contributed by atoms with Gasteiger partial charge in [-0.05, 0) is 23.6 Å². The maximum Gasteiger partial charge on any atom is 0.475 e. The Balaban J connectivity index is 1.77. The smallest absolute Gasteiger partial charge is 0.464 e. The SMILES string of the molecule is CO[C@@H](C(=O)NC(Cc1coc2ccccc12)B(O)O)c1ccccc1. The Labute approximate surface area is 151 Å². The molecule has 0 saturated carbocycles. The van der Waals surface area contributed by atoms with Crippen molar-refractivity contribution in [1.82, 2.24) is 5.32 Å². The van der Waals surface area contributed by atoms with Gasteiger partial charge in [-0.3, -0.25) is 4.79 Å². The average molecular weight is 353 g/mol. The molecule has 2 aromatic carbocycles. The molecule has 0 radical (unpaired) electrons. The van der Waals surface area contributed by atoms with Crippen molar-refractivity contribution in [3.63, 3.8) is 0 Å². The van der Waals surface area contributed by atoms with E-state index in [2.05, 4.69) is 5.32 Å². The molecule has 6 nitrogen and oxygen atoms in total. The predicted molar refractivity (Wildman–Crippen MR) is 98.2 cm³/mol. The number of ether oxygens (including phenoxy) is 1. The Kier molecular flexibility index (Phi) is 5.73. The second kappa shape index (κ2) is 8.18. The van der Waals surface area contributed by atoms with Crippen LogP contribution in [0.5, 0.6) is 0 Å². The largest absolute Gasteiger partial charge is 0.475 e. The standard InChI is InChI=1S/C19H20BNO5/c1-25-18(13-7-3-2-4-8-13)19(22)21-17(20(23)24)11-14-12-26-16-10-6-5-9-15(14)16/h2-10,12,17-18,23-24H,11H2,1H3,(H,21,22)/t17?,18-/m1/s1. The fraction of sp³-hybridized carbons (Fsp3) is 0.211. The lowest BCUT2D eigenvalue weighted by Gasteiger charge is -2.21. The molecule has 1 aromatic heterocycles. The molecule has 3 rings (SSSR count). The molecular weight excluding hydrogens is 333 g/mol. The third-order valence-corrected chi connectivity index (χ3v) is 4.26. The van der Waals surface area contributed by atoms with Crippen LogP contribution >= 0.6 is 0 Å². The first-order valence-electron chi connectivity index (χ1n) is 8.29. The summed E-state index contributed by atoms with van der Waals surface area (Å²) in [6, 6.07) is 16.5. The Morgan fingerprint density at radius 2 is 1.85 bits per heavy atom. The van der Waals surface area contributed by atoms with Gasteiger partial charge in [0.2, 0.25) is 0 Å². The van der Waals surface area contributed by atoms with Crippen LogP contribution in [0.1, 0.15) is 17.2 Å². The van der Waals surface area contributed by atoms with E-state index in [4.69, 9.17) is 9.15 Å². The molecule has 0 spiro atoms. The molecule has 7 heteroatoms. The van der Waals surface area contributed by atoms with Crippen molar-refractivity contribution in [2.75, 3.05) is 7.11 Å². The van der Waals surface area contributed by atoms with Crippen LogP contribution in [-0.4, -0.2) is 36.1 Å². The molecule has 1 heterocycles. The quantitative estimate of drug-likeness (QED) is 0.564. The summed E-state index contributed by atoms with van der Waals surface area (Å²) < 4.78 is 10.8. The molecule has 2 atom stereocenters. The highest BCUT2D eigenvalue weighted by Crippen LogP contribution is 2.23. The summed E-state index contributed by atoms with van der Waals surface area (Å²) in [5, 5.41) is 23.0. The molecule has 3 aromatic rings. The molecule has 26 heavy (non-hydrogen) atoms. The number of carbonyl (C=O) groups excluding carboxylic acids is 1. The van der Waals surface area contributed by atoms with Gasteiger partial charge in [0.1, 0.15) is 5.58 Å². The maximum absolute atomic E-state index is 12.6. The van der Waals surface area contributed by atoms with Crippen LogP contribution in [0.4, 0.5) is 0 Å². The summed E-state index contributed by atoms with van der Waals surface area (Å²) in [4.78, 5) is 12.6. The zero-order valence-corrected chi connectivity index (χ0v) is 14.3. The summed E-state index contributed by atoms with van der Waals surface area (Å²) in [6.45, 7) is 0. The van der Waals surface area contributed by atoms with Gasteiger partial charge in [-0.15, -0.1) is 0 Å². The number of hydrogen-bond acceptors (Lipinski definition) is 5. The monoisotopic (exact) mass is 353 g/mol. The average Bonchev–Trinajstić information content (AvgIpc) is 3.06. The number of benzene rings is 2. The van der Waals surface area contributed by atoms with E-state index in [1.54, 1.807) is 18.4 Å². The Morgan fingerprint density at radius 1 is 1.15 bits per heavy atom. The normalized spacial score (nSPS) is 13.3. The maximum atomic E-state index is 12.6. The third-order valence-electron chi connectivity index (χ3n) is 4.26. The fourth-order valence-electron chi connectivity index (χ4n) is 2.94. The summed E-state index contributed by atoms with van der Waals surface area (Å²) in [7, 11) is -0.286. The predicted octanol–water partition coefficient (Wildman–Crippen LogP) is 1.86. The number of nitrogens with one attached hydrogen (secondary N) is 1. The summed E-state index contributed by atoms with van der Waals surface area (Å²) in [5.41, 5.74) is 2.18. The topological polar surface area (TPSA) is 91.9 Å². The second-order valence-electron chi connectivity index (χ2n) is 6.02. The van der Waals surface area contributed by atoms with E-state index in [0.717, 1.165) is 10.9 Å². The van der Waals surface area contributed by atoms with Crippen LogP contribution in [0.25, 0.3) is 11.0 Å². The minimum atomic E-state index is -1.72. The number of furan rings is 1. The molecule has 1 amide bonds. The number of carbonyl (C=O) groups is 1. The number of methoxy groups -OCH3 is 1. The number of hydrogen-bond donors (Lipinski definition) is 3. The van der Waals surface area contributed by atoms with E-state index in [-0.39, 0.29) is 6.42 Å². The first kappa shape index (κ1) is 18.2. The van der Waals surface area contributed by atoms with E-state index in [1.165, 1.54) is 7.11 Å². The van der Waals surface area contributed by atoms with Crippen molar-refractivity contribution in [2.24, 2.45) is 0 Å². The zero-order valence-electron chi connectivity index (χ0n) is 14.3. The molecule has 0 bridgehead atoms. The van der Waals surface area contributed by atoms with Crippen LogP contribution in [0.2, 0.25) is 0 Å².